The van der Waals surface area contributed by atoms with Crippen LogP contribution < -0.4 is 20.1 Å². The Balaban J connectivity index is 1.33. The summed E-state index contributed by atoms with van der Waals surface area (Å²) in [5, 5.41) is 6.26. The molecular formula is C23H16ClN3O4S. The maximum absolute atomic E-state index is 12.5. The molecule has 0 saturated heterocycles. The molecule has 0 spiro atoms. The minimum atomic E-state index is -0.371. The predicted molar refractivity (Wildman–Crippen MR) is 125 cm³/mol. The highest BCUT2D eigenvalue weighted by Crippen LogP contribution is 2.33. The first kappa shape index (κ1) is 20.3. The molecule has 0 fully saturated rings. The van der Waals surface area contributed by atoms with Gasteiger partial charge in [0.05, 0.1) is 10.6 Å². The number of amides is 1. The van der Waals surface area contributed by atoms with E-state index in [1.807, 2.05) is 25.1 Å². The number of benzene rings is 3. The Bertz CT molecular complexity index is 1390. The first-order valence-electron chi connectivity index (χ1n) is 9.65. The molecule has 4 aromatic rings. The number of hydrogen-bond donors (Lipinski definition) is 2. The minimum absolute atomic E-state index is 0.133. The molecule has 0 aliphatic carbocycles. The molecule has 2 N–H and O–H groups in total. The third kappa shape index (κ3) is 3.98. The largest absolute Gasteiger partial charge is 0.454 e. The van der Waals surface area contributed by atoms with Crippen LogP contribution in [0.2, 0.25) is 5.02 Å². The van der Waals surface area contributed by atoms with E-state index in [0.29, 0.717) is 44.8 Å². The van der Waals surface area contributed by atoms with Gasteiger partial charge in [-0.05, 0) is 73.2 Å². The third-order valence-corrected chi connectivity index (χ3v) is 5.39. The Kier molecular flexibility index (Phi) is 5.16. The van der Waals surface area contributed by atoms with E-state index in [9.17, 15) is 4.79 Å². The van der Waals surface area contributed by atoms with Gasteiger partial charge in [-0.25, -0.2) is 4.98 Å². The van der Waals surface area contributed by atoms with E-state index in [2.05, 4.69) is 15.6 Å². The molecule has 3 aromatic carbocycles. The first-order chi connectivity index (χ1) is 15.5. The fraction of sp³-hybridized carbons (Fsp3) is 0.0870. The van der Waals surface area contributed by atoms with Gasteiger partial charge >= 0.3 is 0 Å². The number of oxazole rings is 1. The van der Waals surface area contributed by atoms with E-state index in [1.165, 1.54) is 0 Å². The lowest BCUT2D eigenvalue weighted by Crippen LogP contribution is -2.34. The molecule has 1 aliphatic heterocycles. The number of carbonyl (C=O) groups is 1. The first-order valence-corrected chi connectivity index (χ1v) is 10.4. The van der Waals surface area contributed by atoms with Gasteiger partial charge in [0.15, 0.2) is 22.2 Å². The Hall–Kier alpha value is -3.62. The summed E-state index contributed by atoms with van der Waals surface area (Å²) in [6.45, 7) is 2.12. The van der Waals surface area contributed by atoms with Crippen molar-refractivity contribution in [2.45, 2.75) is 6.92 Å². The summed E-state index contributed by atoms with van der Waals surface area (Å²) in [5.74, 6) is 1.15. The lowest BCUT2D eigenvalue weighted by molar-refractivity contribution is 0.0977. The molecule has 1 aromatic heterocycles. The highest BCUT2D eigenvalue weighted by Gasteiger charge is 2.17. The fourth-order valence-corrected chi connectivity index (χ4v) is 3.70. The Morgan fingerprint density at radius 2 is 1.91 bits per heavy atom. The van der Waals surface area contributed by atoms with Crippen molar-refractivity contribution < 1.29 is 18.7 Å². The zero-order valence-corrected chi connectivity index (χ0v) is 18.3. The van der Waals surface area contributed by atoms with Crippen molar-refractivity contribution in [1.29, 1.82) is 0 Å². The van der Waals surface area contributed by atoms with Gasteiger partial charge in [0, 0.05) is 11.3 Å². The SMILES string of the molecule is Cc1ccc2nc(-c3cc(NC(=S)NC(=O)c4ccc5c(c4)OCO5)ccc3Cl)oc2c1. The number of ether oxygens (including phenoxy) is 2. The molecule has 5 rings (SSSR count). The fourth-order valence-electron chi connectivity index (χ4n) is 3.29. The topological polar surface area (TPSA) is 85.6 Å². The monoisotopic (exact) mass is 465 g/mol. The van der Waals surface area contributed by atoms with Gasteiger partial charge in [0.25, 0.3) is 5.91 Å². The maximum atomic E-state index is 12.5. The lowest BCUT2D eigenvalue weighted by Gasteiger charge is -2.11. The van der Waals surface area contributed by atoms with Crippen LogP contribution in [-0.4, -0.2) is 22.8 Å². The summed E-state index contributed by atoms with van der Waals surface area (Å²) in [7, 11) is 0. The maximum Gasteiger partial charge on any atom is 0.257 e. The van der Waals surface area contributed by atoms with Crippen LogP contribution in [0.15, 0.2) is 59.0 Å². The summed E-state index contributed by atoms with van der Waals surface area (Å²) >= 11 is 11.7. The van der Waals surface area contributed by atoms with Crippen LogP contribution in [0.1, 0.15) is 15.9 Å². The Morgan fingerprint density at radius 1 is 1.06 bits per heavy atom. The molecule has 2 heterocycles. The van der Waals surface area contributed by atoms with Crippen molar-refractivity contribution in [1.82, 2.24) is 10.3 Å². The number of rotatable bonds is 3. The number of thiocarbonyl (C=S) groups is 1. The van der Waals surface area contributed by atoms with Crippen LogP contribution in [-0.2, 0) is 0 Å². The third-order valence-electron chi connectivity index (χ3n) is 4.86. The second-order valence-electron chi connectivity index (χ2n) is 7.16. The van der Waals surface area contributed by atoms with Crippen LogP contribution in [0, 0.1) is 6.92 Å². The van der Waals surface area contributed by atoms with E-state index in [-0.39, 0.29) is 17.8 Å². The Morgan fingerprint density at radius 3 is 2.78 bits per heavy atom. The number of hydrogen-bond acceptors (Lipinski definition) is 6. The van der Waals surface area contributed by atoms with Gasteiger partial charge in [0.1, 0.15) is 5.52 Å². The van der Waals surface area contributed by atoms with Gasteiger partial charge in [-0.15, -0.1) is 0 Å². The van der Waals surface area contributed by atoms with Gasteiger partial charge in [-0.2, -0.15) is 0 Å². The van der Waals surface area contributed by atoms with Crippen molar-refractivity contribution >= 4 is 51.6 Å². The summed E-state index contributed by atoms with van der Waals surface area (Å²) in [6, 6.07) is 15.9. The summed E-state index contributed by atoms with van der Waals surface area (Å²) < 4.78 is 16.5. The molecule has 160 valence electrons. The van der Waals surface area contributed by atoms with Gasteiger partial charge in [-0.3, -0.25) is 10.1 Å². The highest BCUT2D eigenvalue weighted by molar-refractivity contribution is 7.80. The van der Waals surface area contributed by atoms with Crippen molar-refractivity contribution in [3.63, 3.8) is 0 Å². The van der Waals surface area contributed by atoms with E-state index in [1.54, 1.807) is 36.4 Å². The zero-order chi connectivity index (χ0) is 22.2. The number of aryl methyl sites for hydroxylation is 1. The number of halogens is 1. The van der Waals surface area contributed by atoms with E-state index >= 15 is 0 Å². The van der Waals surface area contributed by atoms with Crippen molar-refractivity contribution in [3.05, 3.63) is 70.7 Å². The number of carbonyl (C=O) groups excluding carboxylic acids is 1. The second-order valence-corrected chi connectivity index (χ2v) is 7.98. The average molecular weight is 466 g/mol. The molecule has 0 bridgehead atoms. The van der Waals surface area contributed by atoms with Crippen LogP contribution in [0.3, 0.4) is 0 Å². The molecule has 0 unspecified atom stereocenters. The molecule has 1 amide bonds. The molecule has 9 heteroatoms. The number of nitrogens with zero attached hydrogens (tertiary/aromatic N) is 1. The molecule has 7 nitrogen and oxygen atoms in total. The standard InChI is InChI=1S/C23H16ClN3O4S/c1-12-2-6-17-19(8-12)31-22(26-17)15-10-14(4-5-16(15)24)25-23(32)27-21(28)13-3-7-18-20(9-13)30-11-29-18/h2-10H,11H2,1H3,(H2,25,27,28,32). The molecule has 1 aliphatic rings. The smallest absolute Gasteiger partial charge is 0.257 e. The molecule has 0 atom stereocenters. The molecule has 0 saturated carbocycles. The zero-order valence-electron chi connectivity index (χ0n) is 16.8. The number of nitrogens with one attached hydrogen (secondary N) is 2. The quantitative estimate of drug-likeness (QED) is 0.396. The van der Waals surface area contributed by atoms with Crippen molar-refractivity contribution in [2.75, 3.05) is 12.1 Å². The van der Waals surface area contributed by atoms with Gasteiger partial charge < -0.3 is 19.2 Å². The number of anilines is 1. The highest BCUT2D eigenvalue weighted by atomic mass is 35.5. The Labute approximate surface area is 193 Å². The van der Waals surface area contributed by atoms with Crippen molar-refractivity contribution in [3.8, 4) is 23.0 Å². The number of aromatic nitrogens is 1. The molecule has 0 radical (unpaired) electrons. The van der Waals surface area contributed by atoms with Gasteiger partial charge in [0.2, 0.25) is 12.7 Å². The van der Waals surface area contributed by atoms with Crippen LogP contribution >= 0.6 is 23.8 Å². The number of fused-ring (bicyclic) bond motifs is 2. The summed E-state index contributed by atoms with van der Waals surface area (Å²) in [5.41, 5.74) is 4.13. The van der Waals surface area contributed by atoms with Crippen LogP contribution in [0.25, 0.3) is 22.6 Å². The van der Waals surface area contributed by atoms with Crippen LogP contribution in [0.4, 0.5) is 5.69 Å². The lowest BCUT2D eigenvalue weighted by atomic mass is 10.2. The van der Waals surface area contributed by atoms with E-state index in [4.69, 9.17) is 37.7 Å². The second kappa shape index (κ2) is 8.14. The molecule has 32 heavy (non-hydrogen) atoms. The minimum Gasteiger partial charge on any atom is -0.454 e. The van der Waals surface area contributed by atoms with Gasteiger partial charge in [-0.1, -0.05) is 17.7 Å². The van der Waals surface area contributed by atoms with E-state index in [0.717, 1.165) is 11.1 Å². The van der Waals surface area contributed by atoms with E-state index < -0.39 is 0 Å². The normalized spacial score (nSPS) is 12.1. The summed E-state index contributed by atoms with van der Waals surface area (Å²) in [4.78, 5) is 17.1. The van der Waals surface area contributed by atoms with Crippen LogP contribution in [0.5, 0.6) is 11.5 Å². The molecular weight excluding hydrogens is 450 g/mol. The average Bonchev–Trinajstić information content (AvgIpc) is 3.40. The summed E-state index contributed by atoms with van der Waals surface area (Å²) in [6.07, 6.45) is 0. The van der Waals surface area contributed by atoms with Crippen molar-refractivity contribution in [2.24, 2.45) is 0 Å². The predicted octanol–water partition coefficient (Wildman–Crippen LogP) is 5.31.